The average molecular weight is 296 g/mol. The molecular formula is C14H20N2O3S. The van der Waals surface area contributed by atoms with Crippen molar-refractivity contribution < 1.29 is 9.53 Å². The Kier molecular flexibility index (Phi) is 4.52. The summed E-state index contributed by atoms with van der Waals surface area (Å²) in [5.41, 5.74) is -0.0499. The zero-order valence-electron chi connectivity index (χ0n) is 12.1. The number of hydrogen-bond acceptors (Lipinski definition) is 5. The topological polar surface area (TPSA) is 61.2 Å². The standard InChI is InChI=1S/C14H20N2O3S/c1-10(2)16-7-6-15-12(13(16)18)20-9-14(4-5-14)8-11(17)19-3/h6-7,10H,4-5,8-9H2,1-3H3. The smallest absolute Gasteiger partial charge is 0.306 e. The van der Waals surface area contributed by atoms with Crippen molar-refractivity contribution in [2.75, 3.05) is 12.9 Å². The van der Waals surface area contributed by atoms with Crippen LogP contribution in [-0.2, 0) is 9.53 Å². The van der Waals surface area contributed by atoms with E-state index in [9.17, 15) is 9.59 Å². The van der Waals surface area contributed by atoms with Gasteiger partial charge in [-0.1, -0.05) is 0 Å². The molecule has 0 aliphatic heterocycles. The number of carbonyl (C=O) groups is 1. The van der Waals surface area contributed by atoms with Gasteiger partial charge in [-0.25, -0.2) is 4.98 Å². The Labute approximate surface area is 122 Å². The van der Waals surface area contributed by atoms with Gasteiger partial charge in [0.15, 0.2) is 5.03 Å². The summed E-state index contributed by atoms with van der Waals surface area (Å²) in [6.07, 6.45) is 5.82. The molecule has 1 aromatic rings. The molecule has 5 nitrogen and oxygen atoms in total. The SMILES string of the molecule is COC(=O)CC1(CSc2nccn(C(C)C)c2=O)CC1. The molecule has 1 aliphatic carbocycles. The second-order valence-electron chi connectivity index (χ2n) is 5.58. The molecular weight excluding hydrogens is 276 g/mol. The summed E-state index contributed by atoms with van der Waals surface area (Å²) in [4.78, 5) is 27.8. The third kappa shape index (κ3) is 3.42. The van der Waals surface area contributed by atoms with Crippen LogP contribution in [0.5, 0.6) is 0 Å². The van der Waals surface area contributed by atoms with Crippen molar-refractivity contribution in [2.24, 2.45) is 5.41 Å². The van der Waals surface area contributed by atoms with Crippen LogP contribution in [0.1, 0.15) is 39.2 Å². The maximum Gasteiger partial charge on any atom is 0.306 e. The zero-order valence-corrected chi connectivity index (χ0v) is 12.9. The summed E-state index contributed by atoms with van der Waals surface area (Å²) < 4.78 is 6.40. The van der Waals surface area contributed by atoms with E-state index in [1.54, 1.807) is 17.0 Å². The Bertz CT molecular complexity index is 550. The molecule has 0 atom stereocenters. The van der Waals surface area contributed by atoms with Gasteiger partial charge in [-0.2, -0.15) is 0 Å². The van der Waals surface area contributed by atoms with Crippen LogP contribution < -0.4 is 5.56 Å². The molecule has 0 saturated heterocycles. The van der Waals surface area contributed by atoms with Crippen LogP contribution in [-0.4, -0.2) is 28.4 Å². The summed E-state index contributed by atoms with van der Waals surface area (Å²) in [7, 11) is 1.41. The van der Waals surface area contributed by atoms with E-state index in [2.05, 4.69) is 4.98 Å². The Morgan fingerprint density at radius 2 is 2.25 bits per heavy atom. The van der Waals surface area contributed by atoms with E-state index in [1.165, 1.54) is 18.9 Å². The third-order valence-electron chi connectivity index (χ3n) is 3.61. The van der Waals surface area contributed by atoms with E-state index in [1.807, 2.05) is 13.8 Å². The molecule has 0 radical (unpaired) electrons. The first-order chi connectivity index (χ1) is 9.47. The predicted molar refractivity (Wildman–Crippen MR) is 77.9 cm³/mol. The van der Waals surface area contributed by atoms with Gasteiger partial charge in [-0.15, -0.1) is 11.8 Å². The Balaban J connectivity index is 2.03. The summed E-state index contributed by atoms with van der Waals surface area (Å²) >= 11 is 1.45. The van der Waals surface area contributed by atoms with E-state index in [0.717, 1.165) is 18.6 Å². The normalized spacial score (nSPS) is 16.2. The van der Waals surface area contributed by atoms with Crippen LogP contribution in [0.2, 0.25) is 0 Å². The number of hydrogen-bond donors (Lipinski definition) is 0. The maximum atomic E-state index is 12.2. The van der Waals surface area contributed by atoms with Gasteiger partial charge in [0, 0.05) is 24.2 Å². The minimum atomic E-state index is -0.177. The minimum absolute atomic E-state index is 0.00435. The van der Waals surface area contributed by atoms with Crippen LogP contribution >= 0.6 is 11.8 Å². The Morgan fingerprint density at radius 3 is 2.80 bits per heavy atom. The van der Waals surface area contributed by atoms with Gasteiger partial charge in [0.05, 0.1) is 13.5 Å². The lowest BCUT2D eigenvalue weighted by Crippen LogP contribution is -2.24. The summed E-state index contributed by atoms with van der Waals surface area (Å²) in [5.74, 6) is 0.565. The van der Waals surface area contributed by atoms with Crippen molar-refractivity contribution in [3.8, 4) is 0 Å². The van der Waals surface area contributed by atoms with E-state index >= 15 is 0 Å². The molecule has 1 aliphatic rings. The number of ether oxygens (including phenoxy) is 1. The van der Waals surface area contributed by atoms with E-state index in [4.69, 9.17) is 4.74 Å². The lowest BCUT2D eigenvalue weighted by atomic mass is 10.1. The van der Waals surface area contributed by atoms with Crippen LogP contribution in [0.3, 0.4) is 0 Å². The number of aromatic nitrogens is 2. The van der Waals surface area contributed by atoms with Gasteiger partial charge in [-0.05, 0) is 32.1 Å². The number of nitrogens with zero attached hydrogens (tertiary/aromatic N) is 2. The summed E-state index contributed by atoms with van der Waals surface area (Å²) in [6, 6.07) is 0.120. The third-order valence-corrected chi connectivity index (χ3v) is 4.92. The van der Waals surface area contributed by atoms with Crippen molar-refractivity contribution in [3.63, 3.8) is 0 Å². The minimum Gasteiger partial charge on any atom is -0.469 e. The van der Waals surface area contributed by atoms with Gasteiger partial charge in [0.2, 0.25) is 0 Å². The number of thioether (sulfide) groups is 1. The van der Waals surface area contributed by atoms with Gasteiger partial charge < -0.3 is 9.30 Å². The highest BCUT2D eigenvalue weighted by molar-refractivity contribution is 7.99. The number of methoxy groups -OCH3 is 1. The largest absolute Gasteiger partial charge is 0.469 e. The number of esters is 1. The highest BCUT2D eigenvalue weighted by atomic mass is 32.2. The first-order valence-corrected chi connectivity index (χ1v) is 7.73. The van der Waals surface area contributed by atoms with Crippen LogP contribution in [0.25, 0.3) is 0 Å². The summed E-state index contributed by atoms with van der Waals surface area (Å²) in [5, 5.41) is 0.511. The van der Waals surface area contributed by atoms with Gasteiger partial charge >= 0.3 is 5.97 Å². The van der Waals surface area contributed by atoms with Crippen molar-refractivity contribution in [1.29, 1.82) is 0 Å². The molecule has 6 heteroatoms. The fraction of sp³-hybridized carbons (Fsp3) is 0.643. The quantitative estimate of drug-likeness (QED) is 0.595. The van der Waals surface area contributed by atoms with Crippen LogP contribution in [0.4, 0.5) is 0 Å². The second-order valence-corrected chi connectivity index (χ2v) is 6.54. The molecule has 20 heavy (non-hydrogen) atoms. The van der Waals surface area contributed by atoms with Crippen molar-refractivity contribution in [2.45, 2.75) is 44.2 Å². The molecule has 0 unspecified atom stereocenters. The lowest BCUT2D eigenvalue weighted by molar-refractivity contribution is -0.141. The molecule has 0 bridgehead atoms. The first-order valence-electron chi connectivity index (χ1n) is 6.74. The molecule has 0 spiro atoms. The van der Waals surface area contributed by atoms with Gasteiger partial charge in [0.25, 0.3) is 5.56 Å². The molecule has 1 fully saturated rings. The molecule has 1 heterocycles. The van der Waals surface area contributed by atoms with Crippen molar-refractivity contribution in [3.05, 3.63) is 22.7 Å². The van der Waals surface area contributed by atoms with E-state index in [-0.39, 0.29) is 23.0 Å². The number of carbonyl (C=O) groups excluding carboxylic acids is 1. The van der Waals surface area contributed by atoms with Crippen LogP contribution in [0, 0.1) is 5.41 Å². The van der Waals surface area contributed by atoms with E-state index in [0.29, 0.717) is 11.4 Å². The highest BCUT2D eigenvalue weighted by Gasteiger charge is 2.44. The highest BCUT2D eigenvalue weighted by Crippen LogP contribution is 2.51. The van der Waals surface area contributed by atoms with Gasteiger partial charge in [-0.3, -0.25) is 9.59 Å². The van der Waals surface area contributed by atoms with E-state index < -0.39 is 0 Å². The fourth-order valence-electron chi connectivity index (χ4n) is 2.06. The fourth-order valence-corrected chi connectivity index (χ4v) is 3.26. The monoisotopic (exact) mass is 296 g/mol. The molecule has 0 amide bonds. The first kappa shape index (κ1) is 15.1. The molecule has 1 saturated carbocycles. The molecule has 110 valence electrons. The molecule has 1 aromatic heterocycles. The molecule has 0 aromatic carbocycles. The Morgan fingerprint density at radius 1 is 1.55 bits per heavy atom. The van der Waals surface area contributed by atoms with Crippen molar-refractivity contribution >= 4 is 17.7 Å². The molecule has 0 N–H and O–H groups in total. The van der Waals surface area contributed by atoms with Crippen LogP contribution in [0.15, 0.2) is 22.2 Å². The average Bonchev–Trinajstić information content (AvgIpc) is 3.17. The Hall–Kier alpha value is -1.30. The summed E-state index contributed by atoms with van der Waals surface area (Å²) in [6.45, 7) is 3.94. The predicted octanol–water partition coefficient (Wildman–Crippen LogP) is 2.26. The zero-order chi connectivity index (χ0) is 14.8. The van der Waals surface area contributed by atoms with Gasteiger partial charge in [0.1, 0.15) is 0 Å². The van der Waals surface area contributed by atoms with Crippen molar-refractivity contribution in [1.82, 2.24) is 9.55 Å². The lowest BCUT2D eigenvalue weighted by Gasteiger charge is -2.14. The maximum absolute atomic E-state index is 12.2. The number of rotatable bonds is 6. The molecule has 2 rings (SSSR count). The second kappa shape index (κ2) is 5.99.